The molecule has 2 rings (SSSR count). The number of anilines is 1. The number of nitrogen functional groups attached to an aromatic ring is 1. The van der Waals surface area contributed by atoms with Gasteiger partial charge in [0.15, 0.2) is 0 Å². The SMILES string of the molecule is COc1ccc(CCNC(=O)c2cc(F)c(Cl)cc2N)cc1. The lowest BCUT2D eigenvalue weighted by Crippen LogP contribution is -2.26. The van der Waals surface area contributed by atoms with Crippen molar-refractivity contribution in [2.75, 3.05) is 19.4 Å². The minimum atomic E-state index is -0.670. The Bertz CT molecular complexity index is 675. The highest BCUT2D eigenvalue weighted by molar-refractivity contribution is 6.31. The van der Waals surface area contributed by atoms with Gasteiger partial charge in [-0.2, -0.15) is 0 Å². The van der Waals surface area contributed by atoms with Gasteiger partial charge < -0.3 is 15.8 Å². The Hall–Kier alpha value is -2.27. The summed E-state index contributed by atoms with van der Waals surface area (Å²) in [4.78, 5) is 12.0. The van der Waals surface area contributed by atoms with Crippen molar-refractivity contribution in [1.82, 2.24) is 5.32 Å². The first-order chi connectivity index (χ1) is 10.5. The molecule has 22 heavy (non-hydrogen) atoms. The molecule has 0 atom stereocenters. The summed E-state index contributed by atoms with van der Waals surface area (Å²) in [6.07, 6.45) is 0.645. The highest BCUT2D eigenvalue weighted by atomic mass is 35.5. The fourth-order valence-corrected chi connectivity index (χ4v) is 2.14. The van der Waals surface area contributed by atoms with Gasteiger partial charge in [0.05, 0.1) is 17.7 Å². The van der Waals surface area contributed by atoms with E-state index >= 15 is 0 Å². The van der Waals surface area contributed by atoms with Crippen molar-refractivity contribution >= 4 is 23.2 Å². The number of ether oxygens (including phenoxy) is 1. The maximum atomic E-state index is 13.4. The van der Waals surface area contributed by atoms with Crippen LogP contribution in [0.15, 0.2) is 36.4 Å². The van der Waals surface area contributed by atoms with Gasteiger partial charge in [0.2, 0.25) is 0 Å². The van der Waals surface area contributed by atoms with Gasteiger partial charge in [0.25, 0.3) is 5.91 Å². The number of methoxy groups -OCH3 is 1. The summed E-state index contributed by atoms with van der Waals surface area (Å²) < 4.78 is 18.5. The van der Waals surface area contributed by atoms with Gasteiger partial charge in [-0.15, -0.1) is 0 Å². The van der Waals surface area contributed by atoms with Crippen LogP contribution < -0.4 is 15.8 Å². The number of hydrogen-bond donors (Lipinski definition) is 2. The third kappa shape index (κ3) is 3.89. The molecule has 0 aliphatic carbocycles. The normalized spacial score (nSPS) is 10.3. The van der Waals surface area contributed by atoms with Crippen LogP contribution in [-0.4, -0.2) is 19.6 Å². The van der Waals surface area contributed by atoms with Gasteiger partial charge in [-0.3, -0.25) is 4.79 Å². The number of halogens is 2. The van der Waals surface area contributed by atoms with E-state index in [1.807, 2.05) is 24.3 Å². The fraction of sp³-hybridized carbons (Fsp3) is 0.188. The Labute approximate surface area is 133 Å². The first-order valence-electron chi connectivity index (χ1n) is 6.67. The van der Waals surface area contributed by atoms with Crippen LogP contribution in [0.1, 0.15) is 15.9 Å². The van der Waals surface area contributed by atoms with E-state index in [-0.39, 0.29) is 16.3 Å². The van der Waals surface area contributed by atoms with Crippen LogP contribution in [0.5, 0.6) is 5.75 Å². The summed E-state index contributed by atoms with van der Waals surface area (Å²) in [6.45, 7) is 0.412. The van der Waals surface area contributed by atoms with E-state index in [2.05, 4.69) is 5.32 Å². The summed E-state index contributed by atoms with van der Waals surface area (Å²) in [6, 6.07) is 9.81. The number of carbonyl (C=O) groups is 1. The third-order valence-corrected chi connectivity index (χ3v) is 3.49. The van der Waals surface area contributed by atoms with Crippen LogP contribution in [0.25, 0.3) is 0 Å². The molecule has 0 aliphatic heterocycles. The summed E-state index contributed by atoms with van der Waals surface area (Å²) in [5.41, 5.74) is 6.96. The lowest BCUT2D eigenvalue weighted by atomic mass is 10.1. The number of carbonyl (C=O) groups excluding carboxylic acids is 1. The van der Waals surface area contributed by atoms with E-state index in [9.17, 15) is 9.18 Å². The molecule has 4 nitrogen and oxygen atoms in total. The highest BCUT2D eigenvalue weighted by Crippen LogP contribution is 2.22. The molecule has 0 unspecified atom stereocenters. The summed E-state index contributed by atoms with van der Waals surface area (Å²) >= 11 is 5.60. The molecule has 0 heterocycles. The quantitative estimate of drug-likeness (QED) is 0.832. The number of nitrogens with one attached hydrogen (secondary N) is 1. The zero-order valence-electron chi connectivity index (χ0n) is 12.0. The van der Waals surface area contributed by atoms with Crippen LogP contribution in [0.2, 0.25) is 5.02 Å². The van der Waals surface area contributed by atoms with E-state index < -0.39 is 11.7 Å². The topological polar surface area (TPSA) is 64.3 Å². The predicted molar refractivity (Wildman–Crippen MR) is 84.9 cm³/mol. The van der Waals surface area contributed by atoms with E-state index in [1.54, 1.807) is 7.11 Å². The first kappa shape index (κ1) is 16.1. The maximum Gasteiger partial charge on any atom is 0.253 e. The zero-order chi connectivity index (χ0) is 16.1. The van der Waals surface area contributed by atoms with Crippen molar-refractivity contribution < 1.29 is 13.9 Å². The zero-order valence-corrected chi connectivity index (χ0v) is 12.8. The average Bonchev–Trinajstić information content (AvgIpc) is 2.51. The molecule has 0 bridgehead atoms. The Morgan fingerprint density at radius 1 is 1.32 bits per heavy atom. The van der Waals surface area contributed by atoms with E-state index in [1.165, 1.54) is 6.07 Å². The molecule has 0 fully saturated rings. The molecule has 1 amide bonds. The highest BCUT2D eigenvalue weighted by Gasteiger charge is 2.13. The van der Waals surface area contributed by atoms with E-state index in [0.29, 0.717) is 13.0 Å². The number of benzene rings is 2. The largest absolute Gasteiger partial charge is 0.497 e. The standard InChI is InChI=1S/C16H16ClFN2O2/c1-22-11-4-2-10(3-5-11)6-7-20-16(21)12-8-14(18)13(17)9-15(12)19/h2-5,8-9H,6-7,19H2,1H3,(H,20,21). The molecule has 0 aromatic heterocycles. The van der Waals surface area contributed by atoms with Crippen molar-refractivity contribution in [1.29, 1.82) is 0 Å². The van der Waals surface area contributed by atoms with Crippen molar-refractivity contribution in [3.63, 3.8) is 0 Å². The molecule has 0 aliphatic rings. The summed E-state index contributed by atoms with van der Waals surface area (Å²) in [5, 5.41) is 2.60. The van der Waals surface area contributed by atoms with Crippen LogP contribution in [0.4, 0.5) is 10.1 Å². The van der Waals surface area contributed by atoms with Gasteiger partial charge in [0.1, 0.15) is 11.6 Å². The van der Waals surface area contributed by atoms with Crippen LogP contribution in [0.3, 0.4) is 0 Å². The van der Waals surface area contributed by atoms with Gasteiger partial charge in [-0.25, -0.2) is 4.39 Å². The van der Waals surface area contributed by atoms with E-state index in [0.717, 1.165) is 17.4 Å². The number of amides is 1. The van der Waals surface area contributed by atoms with Crippen molar-refractivity contribution in [2.45, 2.75) is 6.42 Å². The second-order valence-corrected chi connectivity index (χ2v) is 5.11. The molecular formula is C16H16ClFN2O2. The lowest BCUT2D eigenvalue weighted by molar-refractivity contribution is 0.0954. The predicted octanol–water partition coefficient (Wildman–Crippen LogP) is 3.04. The summed E-state index contributed by atoms with van der Waals surface area (Å²) in [7, 11) is 1.60. The number of hydrogen-bond acceptors (Lipinski definition) is 3. The van der Waals surface area contributed by atoms with E-state index in [4.69, 9.17) is 22.1 Å². The minimum Gasteiger partial charge on any atom is -0.497 e. The average molecular weight is 323 g/mol. The van der Waals surface area contributed by atoms with Crippen LogP contribution >= 0.6 is 11.6 Å². The Morgan fingerprint density at radius 3 is 2.64 bits per heavy atom. The lowest BCUT2D eigenvalue weighted by Gasteiger charge is -2.09. The van der Waals surface area contributed by atoms with Crippen LogP contribution in [0, 0.1) is 5.82 Å². The summed E-state index contributed by atoms with van der Waals surface area (Å²) in [5.74, 6) is -0.324. The molecule has 2 aromatic carbocycles. The molecule has 0 saturated heterocycles. The molecule has 2 aromatic rings. The Balaban J connectivity index is 1.94. The van der Waals surface area contributed by atoms with Gasteiger partial charge in [-0.1, -0.05) is 23.7 Å². The van der Waals surface area contributed by atoms with Crippen molar-refractivity contribution in [3.8, 4) is 5.75 Å². The number of rotatable bonds is 5. The molecule has 3 N–H and O–H groups in total. The van der Waals surface area contributed by atoms with Crippen molar-refractivity contribution in [2.24, 2.45) is 0 Å². The monoisotopic (exact) mass is 322 g/mol. The maximum absolute atomic E-state index is 13.4. The van der Waals surface area contributed by atoms with Crippen LogP contribution in [-0.2, 0) is 6.42 Å². The molecule has 0 radical (unpaired) electrons. The van der Waals surface area contributed by atoms with Gasteiger partial charge in [0, 0.05) is 12.2 Å². The van der Waals surface area contributed by atoms with Gasteiger partial charge in [-0.05, 0) is 36.2 Å². The molecular weight excluding hydrogens is 307 g/mol. The second-order valence-electron chi connectivity index (χ2n) is 4.71. The number of nitrogens with two attached hydrogens (primary N) is 1. The molecule has 0 spiro atoms. The third-order valence-electron chi connectivity index (χ3n) is 3.20. The van der Waals surface area contributed by atoms with Gasteiger partial charge >= 0.3 is 0 Å². The first-order valence-corrected chi connectivity index (χ1v) is 7.04. The molecule has 6 heteroatoms. The molecule has 0 saturated carbocycles. The minimum absolute atomic E-state index is 0.0802. The Kier molecular flexibility index (Phi) is 5.22. The molecule has 116 valence electrons. The second kappa shape index (κ2) is 7.13. The smallest absolute Gasteiger partial charge is 0.253 e. The Morgan fingerprint density at radius 2 is 2.00 bits per heavy atom. The fourth-order valence-electron chi connectivity index (χ4n) is 1.97. The van der Waals surface area contributed by atoms with Crippen molar-refractivity contribution in [3.05, 3.63) is 58.4 Å².